The number of benzene rings is 2. The van der Waals surface area contributed by atoms with Gasteiger partial charge in [-0.25, -0.2) is 0 Å². The van der Waals surface area contributed by atoms with E-state index in [2.05, 4.69) is 67.7 Å². The molecule has 2 heteroatoms. The topological polar surface area (TPSA) is 12.0 Å². The van der Waals surface area contributed by atoms with Crippen LogP contribution < -0.4 is 5.32 Å². The number of thioether (sulfide) groups is 1. The summed E-state index contributed by atoms with van der Waals surface area (Å²) in [5.41, 5.74) is 4.17. The Morgan fingerprint density at radius 3 is 2.85 bits per heavy atom. The van der Waals surface area contributed by atoms with Crippen LogP contribution >= 0.6 is 11.8 Å². The molecule has 1 unspecified atom stereocenters. The molecule has 1 aliphatic rings. The average molecular weight is 283 g/mol. The van der Waals surface area contributed by atoms with Crippen LogP contribution in [-0.4, -0.2) is 5.75 Å². The van der Waals surface area contributed by atoms with E-state index < -0.39 is 0 Å². The van der Waals surface area contributed by atoms with Crippen molar-refractivity contribution in [3.8, 4) is 0 Å². The Hall–Kier alpha value is -1.25. The highest BCUT2D eigenvalue weighted by Crippen LogP contribution is 2.37. The molecule has 2 atom stereocenters. The molecule has 0 radical (unpaired) electrons. The first-order valence-corrected chi connectivity index (χ1v) is 8.27. The van der Waals surface area contributed by atoms with E-state index in [9.17, 15) is 0 Å². The second kappa shape index (κ2) is 6.02. The van der Waals surface area contributed by atoms with Gasteiger partial charge in [-0.2, -0.15) is 0 Å². The molecule has 1 heterocycles. The molecule has 2 aromatic carbocycles. The maximum absolute atomic E-state index is 3.81. The molecular weight excluding hydrogens is 262 g/mol. The number of rotatable bonds is 3. The van der Waals surface area contributed by atoms with Crippen LogP contribution in [0.1, 0.15) is 42.1 Å². The van der Waals surface area contributed by atoms with Crippen molar-refractivity contribution in [1.29, 1.82) is 0 Å². The zero-order valence-electron chi connectivity index (χ0n) is 12.1. The highest BCUT2D eigenvalue weighted by molar-refractivity contribution is 7.99. The number of hydrogen-bond acceptors (Lipinski definition) is 2. The van der Waals surface area contributed by atoms with Crippen molar-refractivity contribution in [3.05, 3.63) is 65.2 Å². The number of fused-ring (bicyclic) bond motifs is 1. The summed E-state index contributed by atoms with van der Waals surface area (Å²) in [7, 11) is 0. The molecule has 0 saturated carbocycles. The molecule has 3 rings (SSSR count). The van der Waals surface area contributed by atoms with Crippen LogP contribution in [0.3, 0.4) is 0 Å². The summed E-state index contributed by atoms with van der Waals surface area (Å²) in [6.07, 6.45) is 1.21. The maximum atomic E-state index is 3.81. The molecule has 0 saturated heterocycles. The quantitative estimate of drug-likeness (QED) is 0.861. The van der Waals surface area contributed by atoms with Gasteiger partial charge in [-0.3, -0.25) is 0 Å². The molecular formula is C18H21NS. The fraction of sp³-hybridized carbons (Fsp3) is 0.333. The molecule has 1 aliphatic heterocycles. The molecule has 0 amide bonds. The Labute approximate surface area is 125 Å². The summed E-state index contributed by atoms with van der Waals surface area (Å²) in [4.78, 5) is 1.44. The number of aryl methyl sites for hydroxylation is 1. The fourth-order valence-corrected chi connectivity index (χ4v) is 3.98. The largest absolute Gasteiger partial charge is 0.303 e. The van der Waals surface area contributed by atoms with Crippen LogP contribution in [0.4, 0.5) is 0 Å². The first-order chi connectivity index (χ1) is 9.74. The van der Waals surface area contributed by atoms with Gasteiger partial charge in [0.05, 0.1) is 0 Å². The predicted octanol–water partition coefficient (Wildman–Crippen LogP) is 4.88. The van der Waals surface area contributed by atoms with Crippen LogP contribution in [0.5, 0.6) is 0 Å². The van der Waals surface area contributed by atoms with E-state index in [0.717, 1.165) is 0 Å². The van der Waals surface area contributed by atoms with Gasteiger partial charge in [0.2, 0.25) is 0 Å². The number of hydrogen-bond donors (Lipinski definition) is 1. The van der Waals surface area contributed by atoms with Crippen molar-refractivity contribution >= 4 is 11.8 Å². The highest BCUT2D eigenvalue weighted by atomic mass is 32.2. The Morgan fingerprint density at radius 1 is 1.15 bits per heavy atom. The van der Waals surface area contributed by atoms with Gasteiger partial charge in [-0.05, 0) is 43.2 Å². The third kappa shape index (κ3) is 2.92. The van der Waals surface area contributed by atoms with Gasteiger partial charge in [-0.15, -0.1) is 11.8 Å². The lowest BCUT2D eigenvalue weighted by Gasteiger charge is -2.29. The number of nitrogens with one attached hydrogen (secondary N) is 1. The average Bonchev–Trinajstić information content (AvgIpc) is 2.47. The smallest absolute Gasteiger partial charge is 0.0344 e. The van der Waals surface area contributed by atoms with Crippen LogP contribution in [0, 0.1) is 6.92 Å². The molecule has 1 nitrogen and oxygen atoms in total. The standard InChI is InChI=1S/C18H21NS/c1-13-6-5-7-15(12-13)14(2)19-17-10-11-20-18-9-4-3-8-16(17)18/h3-9,12,14,17,19H,10-11H2,1-2H3/t14-,17?/m1/s1. The normalized spacial score (nSPS) is 19.4. The molecule has 104 valence electrons. The molecule has 1 N–H and O–H groups in total. The van der Waals surface area contributed by atoms with E-state index in [4.69, 9.17) is 0 Å². The lowest BCUT2D eigenvalue weighted by molar-refractivity contribution is 0.450. The lowest BCUT2D eigenvalue weighted by atomic mass is 10.00. The minimum Gasteiger partial charge on any atom is -0.303 e. The van der Waals surface area contributed by atoms with Crippen molar-refractivity contribution in [3.63, 3.8) is 0 Å². The Bertz CT molecular complexity index is 593. The molecule has 20 heavy (non-hydrogen) atoms. The first kappa shape index (κ1) is 13.7. The van der Waals surface area contributed by atoms with Gasteiger partial charge in [0.25, 0.3) is 0 Å². The zero-order chi connectivity index (χ0) is 13.9. The Morgan fingerprint density at radius 2 is 2.00 bits per heavy atom. The summed E-state index contributed by atoms with van der Waals surface area (Å²) in [6.45, 7) is 4.42. The van der Waals surface area contributed by atoms with E-state index in [1.165, 1.54) is 33.8 Å². The molecule has 2 aromatic rings. The Balaban J connectivity index is 1.79. The van der Waals surface area contributed by atoms with Gasteiger partial charge >= 0.3 is 0 Å². The minimum absolute atomic E-state index is 0.385. The molecule has 0 spiro atoms. The summed E-state index contributed by atoms with van der Waals surface area (Å²) >= 11 is 1.98. The molecule has 0 aliphatic carbocycles. The van der Waals surface area contributed by atoms with E-state index in [0.29, 0.717) is 12.1 Å². The fourth-order valence-electron chi connectivity index (χ4n) is 2.85. The SMILES string of the molecule is Cc1cccc([C@@H](C)NC2CCSc3ccccc32)c1. The summed E-state index contributed by atoms with van der Waals surface area (Å²) in [6, 6.07) is 18.5. The van der Waals surface area contributed by atoms with Gasteiger partial charge < -0.3 is 5.32 Å². The van der Waals surface area contributed by atoms with E-state index in [1.807, 2.05) is 11.8 Å². The van der Waals surface area contributed by atoms with Crippen LogP contribution in [0.2, 0.25) is 0 Å². The van der Waals surface area contributed by atoms with Crippen molar-refractivity contribution in [1.82, 2.24) is 5.32 Å². The first-order valence-electron chi connectivity index (χ1n) is 7.28. The van der Waals surface area contributed by atoms with Crippen LogP contribution in [0.15, 0.2) is 53.4 Å². The van der Waals surface area contributed by atoms with Crippen molar-refractivity contribution in [2.45, 2.75) is 37.2 Å². The Kier molecular flexibility index (Phi) is 4.13. The van der Waals surface area contributed by atoms with E-state index in [1.54, 1.807) is 0 Å². The third-order valence-electron chi connectivity index (χ3n) is 3.95. The van der Waals surface area contributed by atoms with Gasteiger partial charge in [0.1, 0.15) is 0 Å². The molecule has 0 fully saturated rings. The van der Waals surface area contributed by atoms with Gasteiger partial charge in [0, 0.05) is 17.0 Å². The van der Waals surface area contributed by atoms with Crippen LogP contribution in [0.25, 0.3) is 0 Å². The van der Waals surface area contributed by atoms with Crippen LogP contribution in [-0.2, 0) is 0 Å². The maximum Gasteiger partial charge on any atom is 0.0344 e. The zero-order valence-corrected chi connectivity index (χ0v) is 12.9. The minimum atomic E-state index is 0.385. The third-order valence-corrected chi connectivity index (χ3v) is 5.07. The monoisotopic (exact) mass is 283 g/mol. The molecule has 0 aromatic heterocycles. The lowest BCUT2D eigenvalue weighted by Crippen LogP contribution is -2.27. The highest BCUT2D eigenvalue weighted by Gasteiger charge is 2.21. The van der Waals surface area contributed by atoms with E-state index >= 15 is 0 Å². The second-order valence-corrected chi connectivity index (χ2v) is 6.67. The van der Waals surface area contributed by atoms with Crippen molar-refractivity contribution in [2.24, 2.45) is 0 Å². The summed E-state index contributed by atoms with van der Waals surface area (Å²) < 4.78 is 0. The van der Waals surface area contributed by atoms with Gasteiger partial charge in [-0.1, -0.05) is 48.0 Å². The van der Waals surface area contributed by atoms with Gasteiger partial charge in [0.15, 0.2) is 0 Å². The molecule has 0 bridgehead atoms. The predicted molar refractivity (Wildman–Crippen MR) is 87.3 cm³/mol. The second-order valence-electron chi connectivity index (χ2n) is 5.53. The summed E-state index contributed by atoms with van der Waals surface area (Å²) in [5, 5.41) is 3.81. The van der Waals surface area contributed by atoms with Crippen molar-refractivity contribution < 1.29 is 0 Å². The van der Waals surface area contributed by atoms with Crippen molar-refractivity contribution in [2.75, 3.05) is 5.75 Å². The van der Waals surface area contributed by atoms with E-state index in [-0.39, 0.29) is 0 Å². The summed E-state index contributed by atoms with van der Waals surface area (Å²) in [5.74, 6) is 1.20.